The molecule has 0 radical (unpaired) electrons. The number of carbonyl (C=O) groups excluding carboxylic acids is 2. The van der Waals surface area contributed by atoms with Crippen molar-refractivity contribution in [3.8, 4) is 5.75 Å². The molecule has 1 aliphatic carbocycles. The zero-order chi connectivity index (χ0) is 23.0. The first-order chi connectivity index (χ1) is 15.2. The number of methoxy groups -OCH3 is 1. The lowest BCUT2D eigenvalue weighted by Gasteiger charge is -2.39. The summed E-state index contributed by atoms with van der Waals surface area (Å²) in [6.45, 7) is 3.98. The summed E-state index contributed by atoms with van der Waals surface area (Å²) >= 11 is 1.58. The van der Waals surface area contributed by atoms with Gasteiger partial charge in [0.05, 0.1) is 7.11 Å². The number of nitrogens with one attached hydrogen (secondary N) is 1. The number of alkyl halides is 3. The van der Waals surface area contributed by atoms with E-state index in [1.54, 1.807) is 11.3 Å². The van der Waals surface area contributed by atoms with Crippen LogP contribution in [0.15, 0.2) is 65.3 Å². The van der Waals surface area contributed by atoms with Crippen LogP contribution in [0.2, 0.25) is 0 Å². The molecule has 1 N–H and O–H groups in total. The summed E-state index contributed by atoms with van der Waals surface area (Å²) < 4.78 is 46.5. The third-order valence-electron chi connectivity index (χ3n) is 5.71. The first kappa shape index (κ1) is 22.1. The second-order valence-corrected chi connectivity index (χ2v) is 8.66. The molecule has 0 saturated carbocycles. The summed E-state index contributed by atoms with van der Waals surface area (Å²) in [4.78, 5) is 27.0. The predicted molar refractivity (Wildman–Crippen MR) is 112 cm³/mol. The SMILES string of the molecule is C=C1NC2=C(C(=O)CC(c3cccs3)C2)C(c2ccc(OC(F)(F)F)cc2)C1C(=O)OC. The summed E-state index contributed by atoms with van der Waals surface area (Å²) in [5.41, 5.74) is 2.03. The Morgan fingerprint density at radius 1 is 1.19 bits per heavy atom. The van der Waals surface area contributed by atoms with Gasteiger partial charge in [-0.05, 0) is 35.6 Å². The molecule has 5 nitrogen and oxygen atoms in total. The summed E-state index contributed by atoms with van der Waals surface area (Å²) in [5.74, 6) is -2.68. The minimum atomic E-state index is -4.81. The molecule has 1 aliphatic heterocycles. The number of thiophene rings is 1. The lowest BCUT2D eigenvalue weighted by Crippen LogP contribution is -2.41. The summed E-state index contributed by atoms with van der Waals surface area (Å²) in [5, 5.41) is 5.10. The van der Waals surface area contributed by atoms with Crippen LogP contribution in [0.3, 0.4) is 0 Å². The zero-order valence-corrected chi connectivity index (χ0v) is 17.9. The topological polar surface area (TPSA) is 64.6 Å². The molecule has 1 aromatic heterocycles. The van der Waals surface area contributed by atoms with Crippen molar-refractivity contribution in [3.05, 3.63) is 75.8 Å². The highest BCUT2D eigenvalue weighted by Crippen LogP contribution is 2.47. The Morgan fingerprint density at radius 2 is 1.91 bits per heavy atom. The molecule has 4 rings (SSSR count). The van der Waals surface area contributed by atoms with Crippen molar-refractivity contribution in [1.29, 1.82) is 0 Å². The van der Waals surface area contributed by atoms with Gasteiger partial charge in [0.15, 0.2) is 5.78 Å². The van der Waals surface area contributed by atoms with Crippen molar-refractivity contribution in [2.24, 2.45) is 5.92 Å². The van der Waals surface area contributed by atoms with Crippen LogP contribution < -0.4 is 10.1 Å². The maximum Gasteiger partial charge on any atom is 0.573 e. The molecule has 0 spiro atoms. The molecule has 0 fully saturated rings. The number of hydrogen-bond donors (Lipinski definition) is 1. The van der Waals surface area contributed by atoms with Crippen LogP contribution >= 0.6 is 11.3 Å². The molecule has 3 unspecified atom stereocenters. The van der Waals surface area contributed by atoms with E-state index in [0.29, 0.717) is 29.0 Å². The van der Waals surface area contributed by atoms with Gasteiger partial charge in [0.2, 0.25) is 0 Å². The van der Waals surface area contributed by atoms with E-state index in [0.717, 1.165) is 4.88 Å². The molecule has 2 heterocycles. The Balaban J connectivity index is 1.75. The van der Waals surface area contributed by atoms with Crippen LogP contribution in [0.5, 0.6) is 5.75 Å². The Labute approximate surface area is 186 Å². The van der Waals surface area contributed by atoms with E-state index in [4.69, 9.17) is 4.74 Å². The van der Waals surface area contributed by atoms with Gasteiger partial charge >= 0.3 is 12.3 Å². The molecule has 3 atom stereocenters. The number of rotatable bonds is 4. The van der Waals surface area contributed by atoms with Crippen LogP contribution in [0.25, 0.3) is 0 Å². The second kappa shape index (κ2) is 8.46. The number of carbonyl (C=O) groups is 2. The van der Waals surface area contributed by atoms with Crippen molar-refractivity contribution in [1.82, 2.24) is 5.32 Å². The first-order valence-electron chi connectivity index (χ1n) is 9.87. The van der Waals surface area contributed by atoms with Gasteiger partial charge in [-0.2, -0.15) is 0 Å². The molecule has 2 aromatic rings. The van der Waals surface area contributed by atoms with Crippen molar-refractivity contribution in [2.45, 2.75) is 31.0 Å². The molecule has 1 aromatic carbocycles. The molecule has 2 aliphatic rings. The van der Waals surface area contributed by atoms with Crippen LogP contribution in [0, 0.1) is 5.92 Å². The van der Waals surface area contributed by atoms with Gasteiger partial charge in [0.1, 0.15) is 11.7 Å². The fraction of sp³-hybridized carbons (Fsp3) is 0.304. The number of ether oxygens (including phenoxy) is 2. The van der Waals surface area contributed by atoms with Gasteiger partial charge in [-0.15, -0.1) is 24.5 Å². The van der Waals surface area contributed by atoms with E-state index in [1.807, 2.05) is 17.5 Å². The predicted octanol–water partition coefficient (Wildman–Crippen LogP) is 5.04. The quantitative estimate of drug-likeness (QED) is 0.644. The largest absolute Gasteiger partial charge is 0.573 e. The molecular weight excluding hydrogens is 443 g/mol. The minimum absolute atomic E-state index is 0.0134. The Kier molecular flexibility index (Phi) is 5.85. The standard InChI is InChI=1S/C23H20F3NO4S/c1-12-19(22(29)30-2)20(13-5-7-15(8-6-13)31-23(24,25)26)21-16(27-12)10-14(11-17(21)28)18-4-3-9-32-18/h3-9,14,19-20,27H,1,10-11H2,2H3. The third kappa shape index (κ3) is 4.29. The number of halogens is 3. The fourth-order valence-electron chi connectivity index (χ4n) is 4.42. The first-order valence-corrected chi connectivity index (χ1v) is 10.7. The zero-order valence-electron chi connectivity index (χ0n) is 17.1. The molecule has 168 valence electrons. The van der Waals surface area contributed by atoms with Crippen molar-refractivity contribution in [2.75, 3.05) is 7.11 Å². The maximum absolute atomic E-state index is 13.3. The van der Waals surface area contributed by atoms with Gasteiger partial charge in [-0.3, -0.25) is 9.59 Å². The van der Waals surface area contributed by atoms with E-state index in [2.05, 4.69) is 16.6 Å². The number of ketones is 1. The Morgan fingerprint density at radius 3 is 2.50 bits per heavy atom. The number of allylic oxidation sites excluding steroid dienone is 2. The molecule has 0 saturated heterocycles. The highest BCUT2D eigenvalue weighted by atomic mass is 32.1. The second-order valence-electron chi connectivity index (χ2n) is 7.68. The van der Waals surface area contributed by atoms with Crippen LogP contribution in [-0.2, 0) is 14.3 Å². The van der Waals surface area contributed by atoms with Gasteiger partial charge < -0.3 is 14.8 Å². The average Bonchev–Trinajstić information content (AvgIpc) is 3.26. The number of hydrogen-bond acceptors (Lipinski definition) is 6. The number of Topliss-reactive ketones (excluding diaryl/α,β-unsaturated/α-hetero) is 1. The summed E-state index contributed by atoms with van der Waals surface area (Å²) in [7, 11) is 1.24. The van der Waals surface area contributed by atoms with E-state index < -0.39 is 24.2 Å². The lowest BCUT2D eigenvalue weighted by molar-refractivity contribution is -0.274. The van der Waals surface area contributed by atoms with Crippen molar-refractivity contribution >= 4 is 23.1 Å². The lowest BCUT2D eigenvalue weighted by atomic mass is 9.69. The minimum Gasteiger partial charge on any atom is -0.468 e. The van der Waals surface area contributed by atoms with Crippen molar-refractivity contribution < 1.29 is 32.2 Å². The summed E-state index contributed by atoms with van der Waals surface area (Å²) in [6, 6.07) is 9.13. The van der Waals surface area contributed by atoms with E-state index in [1.165, 1.54) is 31.4 Å². The van der Waals surface area contributed by atoms with Crippen LogP contribution in [0.4, 0.5) is 13.2 Å². The molecule has 9 heteroatoms. The highest BCUT2D eigenvalue weighted by molar-refractivity contribution is 7.10. The number of esters is 1. The highest BCUT2D eigenvalue weighted by Gasteiger charge is 2.45. The summed E-state index contributed by atoms with van der Waals surface area (Å²) in [6.07, 6.45) is -3.96. The smallest absolute Gasteiger partial charge is 0.468 e. The maximum atomic E-state index is 13.3. The molecular formula is C23H20F3NO4S. The molecule has 32 heavy (non-hydrogen) atoms. The fourth-order valence-corrected chi connectivity index (χ4v) is 5.25. The van der Waals surface area contributed by atoms with Gasteiger partial charge in [0, 0.05) is 40.1 Å². The Bertz CT molecular complexity index is 1070. The van der Waals surface area contributed by atoms with E-state index >= 15 is 0 Å². The molecule has 0 bridgehead atoms. The van der Waals surface area contributed by atoms with Crippen LogP contribution in [0.1, 0.15) is 35.1 Å². The normalized spacial score (nSPS) is 23.4. The average molecular weight is 463 g/mol. The third-order valence-corrected chi connectivity index (χ3v) is 6.75. The van der Waals surface area contributed by atoms with E-state index in [-0.39, 0.29) is 23.9 Å². The van der Waals surface area contributed by atoms with Gasteiger partial charge in [-0.25, -0.2) is 0 Å². The van der Waals surface area contributed by atoms with Gasteiger partial charge in [0.25, 0.3) is 0 Å². The monoisotopic (exact) mass is 463 g/mol. The van der Waals surface area contributed by atoms with E-state index in [9.17, 15) is 22.8 Å². The van der Waals surface area contributed by atoms with Crippen LogP contribution in [-0.4, -0.2) is 25.2 Å². The Hall–Kier alpha value is -3.07. The van der Waals surface area contributed by atoms with Crippen molar-refractivity contribution in [3.63, 3.8) is 0 Å². The number of benzene rings is 1. The van der Waals surface area contributed by atoms with Gasteiger partial charge in [-0.1, -0.05) is 24.8 Å². The molecule has 0 amide bonds.